The van der Waals surface area contributed by atoms with Gasteiger partial charge in [0, 0.05) is 10.9 Å². The first-order valence-electron chi connectivity index (χ1n) is 5.42. The molecular formula is C13H11F2NO3. The molecule has 0 unspecified atom stereocenters. The number of ether oxygens (including phenoxy) is 2. The summed E-state index contributed by atoms with van der Waals surface area (Å²) in [5.41, 5.74) is 0.359. The molecule has 0 fully saturated rings. The van der Waals surface area contributed by atoms with Gasteiger partial charge in [0.15, 0.2) is 0 Å². The monoisotopic (exact) mass is 267 g/mol. The molecule has 1 heterocycles. The number of rotatable bonds is 3. The lowest BCUT2D eigenvalue weighted by Gasteiger charge is -2.08. The fraction of sp³-hybridized carbons (Fsp3) is 0.231. The highest BCUT2D eigenvalue weighted by molar-refractivity contribution is 5.96. The van der Waals surface area contributed by atoms with Crippen molar-refractivity contribution in [2.24, 2.45) is 0 Å². The first-order chi connectivity index (χ1) is 9.06. The Bertz CT molecular complexity index is 629. The Hall–Kier alpha value is -2.24. The molecule has 0 saturated heterocycles. The lowest BCUT2D eigenvalue weighted by molar-refractivity contribution is 0.0596. The Morgan fingerprint density at radius 3 is 2.58 bits per heavy atom. The van der Waals surface area contributed by atoms with Crippen molar-refractivity contribution in [3.63, 3.8) is 0 Å². The van der Waals surface area contributed by atoms with E-state index in [0.29, 0.717) is 10.9 Å². The highest BCUT2D eigenvalue weighted by atomic mass is 19.3. The summed E-state index contributed by atoms with van der Waals surface area (Å²) in [5, 5.41) is 0.561. The molecule has 0 amide bonds. The SMILES string of the molecule is COC(=O)c1cc2ccc(C(F)F)cc2nc1OC. The van der Waals surface area contributed by atoms with Crippen molar-refractivity contribution >= 4 is 16.9 Å². The van der Waals surface area contributed by atoms with Crippen LogP contribution in [0.15, 0.2) is 24.3 Å². The lowest BCUT2D eigenvalue weighted by Crippen LogP contribution is -2.05. The third-order valence-corrected chi connectivity index (χ3v) is 2.66. The standard InChI is InChI=1S/C13H11F2NO3/c1-18-12-9(13(17)19-2)5-7-3-4-8(11(14)15)6-10(7)16-12/h3-6,11H,1-2H3. The smallest absolute Gasteiger partial charge is 0.343 e. The van der Waals surface area contributed by atoms with Crippen molar-refractivity contribution in [1.82, 2.24) is 4.98 Å². The number of aromatic nitrogens is 1. The molecule has 1 aromatic carbocycles. The summed E-state index contributed by atoms with van der Waals surface area (Å²) in [6, 6.07) is 5.55. The van der Waals surface area contributed by atoms with Gasteiger partial charge in [-0.15, -0.1) is 0 Å². The van der Waals surface area contributed by atoms with E-state index >= 15 is 0 Å². The van der Waals surface area contributed by atoms with E-state index in [9.17, 15) is 13.6 Å². The van der Waals surface area contributed by atoms with E-state index in [2.05, 4.69) is 9.72 Å². The van der Waals surface area contributed by atoms with Crippen molar-refractivity contribution in [1.29, 1.82) is 0 Å². The highest BCUT2D eigenvalue weighted by Crippen LogP contribution is 2.27. The van der Waals surface area contributed by atoms with Crippen LogP contribution < -0.4 is 4.74 Å². The second kappa shape index (κ2) is 5.17. The molecular weight excluding hydrogens is 256 g/mol. The average molecular weight is 267 g/mol. The van der Waals surface area contributed by atoms with Gasteiger partial charge in [0.05, 0.1) is 19.7 Å². The Labute approximate surface area is 108 Å². The Morgan fingerprint density at radius 2 is 2.00 bits per heavy atom. The molecule has 0 aliphatic heterocycles. The minimum absolute atomic E-state index is 0.0470. The van der Waals surface area contributed by atoms with E-state index in [4.69, 9.17) is 4.74 Å². The summed E-state index contributed by atoms with van der Waals surface area (Å²) in [4.78, 5) is 15.6. The van der Waals surface area contributed by atoms with Gasteiger partial charge in [0.1, 0.15) is 5.56 Å². The van der Waals surface area contributed by atoms with Gasteiger partial charge in [-0.1, -0.05) is 12.1 Å². The zero-order valence-corrected chi connectivity index (χ0v) is 10.3. The van der Waals surface area contributed by atoms with E-state index in [1.807, 2.05) is 0 Å². The van der Waals surface area contributed by atoms with E-state index in [1.54, 1.807) is 0 Å². The number of halogens is 2. The molecule has 4 nitrogen and oxygen atoms in total. The molecule has 0 bridgehead atoms. The Balaban J connectivity index is 2.63. The van der Waals surface area contributed by atoms with Gasteiger partial charge >= 0.3 is 5.97 Å². The van der Waals surface area contributed by atoms with Crippen LogP contribution in [0, 0.1) is 0 Å². The normalized spacial score (nSPS) is 10.8. The van der Waals surface area contributed by atoms with Gasteiger partial charge < -0.3 is 9.47 Å². The Morgan fingerprint density at radius 1 is 1.26 bits per heavy atom. The first kappa shape index (κ1) is 13.2. The van der Waals surface area contributed by atoms with Crippen molar-refractivity contribution in [3.05, 3.63) is 35.4 Å². The fourth-order valence-corrected chi connectivity index (χ4v) is 1.71. The predicted octanol–water partition coefficient (Wildman–Crippen LogP) is 2.97. The van der Waals surface area contributed by atoms with Crippen LogP contribution in [0.1, 0.15) is 22.3 Å². The third kappa shape index (κ3) is 2.47. The summed E-state index contributed by atoms with van der Waals surface area (Å²) in [6.07, 6.45) is -2.57. The topological polar surface area (TPSA) is 48.4 Å². The van der Waals surface area contributed by atoms with Crippen molar-refractivity contribution in [2.45, 2.75) is 6.43 Å². The number of pyridine rings is 1. The van der Waals surface area contributed by atoms with Gasteiger partial charge in [-0.05, 0) is 12.1 Å². The second-order valence-corrected chi connectivity index (χ2v) is 3.79. The van der Waals surface area contributed by atoms with Gasteiger partial charge in [0.2, 0.25) is 5.88 Å². The number of hydrogen-bond acceptors (Lipinski definition) is 4. The number of carbonyl (C=O) groups is 1. The van der Waals surface area contributed by atoms with Gasteiger partial charge in [0.25, 0.3) is 6.43 Å². The number of esters is 1. The van der Waals surface area contributed by atoms with E-state index in [0.717, 1.165) is 0 Å². The van der Waals surface area contributed by atoms with Gasteiger partial charge in [-0.2, -0.15) is 0 Å². The van der Waals surface area contributed by atoms with Crippen LogP contribution in [0.2, 0.25) is 0 Å². The molecule has 6 heteroatoms. The molecule has 0 radical (unpaired) electrons. The maximum Gasteiger partial charge on any atom is 0.343 e. The van der Waals surface area contributed by atoms with Crippen LogP contribution in [0.4, 0.5) is 8.78 Å². The largest absolute Gasteiger partial charge is 0.480 e. The number of benzene rings is 1. The maximum atomic E-state index is 12.6. The molecule has 0 saturated carbocycles. The number of methoxy groups -OCH3 is 2. The summed E-state index contributed by atoms with van der Waals surface area (Å²) < 4.78 is 34.8. The number of fused-ring (bicyclic) bond motifs is 1. The number of hydrogen-bond donors (Lipinski definition) is 0. The van der Waals surface area contributed by atoms with E-state index in [-0.39, 0.29) is 17.0 Å². The summed E-state index contributed by atoms with van der Waals surface area (Å²) in [5.74, 6) is -0.546. The van der Waals surface area contributed by atoms with Crippen molar-refractivity contribution < 1.29 is 23.0 Å². The molecule has 0 atom stereocenters. The summed E-state index contributed by atoms with van der Waals surface area (Å²) in [6.45, 7) is 0. The lowest BCUT2D eigenvalue weighted by atomic mass is 10.1. The molecule has 2 aromatic rings. The minimum Gasteiger partial charge on any atom is -0.480 e. The number of alkyl halides is 2. The zero-order chi connectivity index (χ0) is 14.0. The van der Waals surface area contributed by atoms with Crippen LogP contribution in [0.5, 0.6) is 5.88 Å². The molecule has 1 aromatic heterocycles. The molecule has 2 rings (SSSR count). The molecule has 19 heavy (non-hydrogen) atoms. The molecule has 0 N–H and O–H groups in total. The fourth-order valence-electron chi connectivity index (χ4n) is 1.71. The molecule has 100 valence electrons. The molecule has 0 aliphatic carbocycles. The van der Waals surface area contributed by atoms with Crippen LogP contribution in [0.3, 0.4) is 0 Å². The summed E-state index contributed by atoms with van der Waals surface area (Å²) in [7, 11) is 2.59. The predicted molar refractivity (Wildman–Crippen MR) is 64.6 cm³/mol. The molecule has 0 spiro atoms. The van der Waals surface area contributed by atoms with E-state index in [1.165, 1.54) is 38.5 Å². The highest BCUT2D eigenvalue weighted by Gasteiger charge is 2.16. The van der Waals surface area contributed by atoms with Crippen LogP contribution >= 0.6 is 0 Å². The maximum absolute atomic E-state index is 12.6. The van der Waals surface area contributed by atoms with E-state index < -0.39 is 12.4 Å². The molecule has 0 aliphatic rings. The second-order valence-electron chi connectivity index (χ2n) is 3.79. The van der Waals surface area contributed by atoms with Crippen LogP contribution in [-0.4, -0.2) is 25.2 Å². The van der Waals surface area contributed by atoms with Crippen molar-refractivity contribution in [3.8, 4) is 5.88 Å². The number of nitrogens with zero attached hydrogens (tertiary/aromatic N) is 1. The zero-order valence-electron chi connectivity index (χ0n) is 10.3. The van der Waals surface area contributed by atoms with Crippen LogP contribution in [0.25, 0.3) is 10.9 Å². The first-order valence-corrected chi connectivity index (χ1v) is 5.42. The third-order valence-electron chi connectivity index (χ3n) is 2.66. The van der Waals surface area contributed by atoms with Crippen molar-refractivity contribution in [2.75, 3.05) is 14.2 Å². The van der Waals surface area contributed by atoms with Gasteiger partial charge in [-0.3, -0.25) is 0 Å². The summed E-state index contributed by atoms with van der Waals surface area (Å²) >= 11 is 0. The Kier molecular flexibility index (Phi) is 3.59. The van der Waals surface area contributed by atoms with Gasteiger partial charge in [-0.25, -0.2) is 18.6 Å². The minimum atomic E-state index is -2.57. The van der Waals surface area contributed by atoms with Crippen LogP contribution in [-0.2, 0) is 4.74 Å². The average Bonchev–Trinajstić information content (AvgIpc) is 2.44. The quantitative estimate of drug-likeness (QED) is 0.802. The number of carbonyl (C=O) groups excluding carboxylic acids is 1.